The zero-order valence-electron chi connectivity index (χ0n) is 16.9. The van der Waals surface area contributed by atoms with E-state index in [9.17, 15) is 0 Å². The van der Waals surface area contributed by atoms with Gasteiger partial charge < -0.3 is 14.2 Å². The zero-order chi connectivity index (χ0) is 19.8. The van der Waals surface area contributed by atoms with Gasteiger partial charge in [0.15, 0.2) is 0 Å². The van der Waals surface area contributed by atoms with Crippen LogP contribution >= 0.6 is 0 Å². The van der Waals surface area contributed by atoms with Crippen molar-refractivity contribution in [2.45, 2.75) is 26.6 Å². The maximum absolute atomic E-state index is 6.13. The first kappa shape index (κ1) is 20.2. The highest BCUT2D eigenvalue weighted by Gasteiger charge is 2.27. The molecule has 0 saturated heterocycles. The SMILES string of the molecule is CCOc1ccccc1[Si](C)(C)COCc1cccc(Oc2ccccc2)c1. The van der Waals surface area contributed by atoms with E-state index in [0.29, 0.717) is 13.2 Å². The fourth-order valence-corrected chi connectivity index (χ4v) is 5.27. The molecule has 4 heteroatoms. The van der Waals surface area contributed by atoms with Crippen LogP contribution in [0.5, 0.6) is 17.2 Å². The van der Waals surface area contributed by atoms with Crippen molar-refractivity contribution in [2.24, 2.45) is 0 Å². The molecule has 3 nitrogen and oxygen atoms in total. The van der Waals surface area contributed by atoms with Gasteiger partial charge in [0.25, 0.3) is 0 Å². The van der Waals surface area contributed by atoms with E-state index >= 15 is 0 Å². The first-order chi connectivity index (χ1) is 13.6. The summed E-state index contributed by atoms with van der Waals surface area (Å²) < 4.78 is 17.9. The second-order valence-electron chi connectivity index (χ2n) is 7.37. The van der Waals surface area contributed by atoms with Crippen LogP contribution < -0.4 is 14.7 Å². The third kappa shape index (κ3) is 5.47. The maximum atomic E-state index is 6.13. The molecule has 3 aromatic rings. The molecule has 0 N–H and O–H groups in total. The molecule has 0 heterocycles. The Morgan fingerprint density at radius 2 is 1.50 bits per heavy atom. The normalized spacial score (nSPS) is 11.2. The van der Waals surface area contributed by atoms with Crippen molar-refractivity contribution in [1.82, 2.24) is 0 Å². The molecule has 3 rings (SSSR count). The highest BCUT2D eigenvalue weighted by molar-refractivity contribution is 6.90. The molecular weight excluding hydrogens is 364 g/mol. The van der Waals surface area contributed by atoms with Gasteiger partial charge in [-0.2, -0.15) is 0 Å². The van der Waals surface area contributed by atoms with E-state index in [2.05, 4.69) is 37.4 Å². The van der Waals surface area contributed by atoms with E-state index in [-0.39, 0.29) is 0 Å². The molecule has 0 aromatic heterocycles. The second-order valence-corrected chi connectivity index (χ2v) is 12.0. The Morgan fingerprint density at radius 3 is 2.29 bits per heavy atom. The fourth-order valence-electron chi connectivity index (χ4n) is 3.13. The van der Waals surface area contributed by atoms with Crippen molar-refractivity contribution in [3.05, 3.63) is 84.4 Å². The lowest BCUT2D eigenvalue weighted by Crippen LogP contribution is -2.47. The molecule has 0 saturated carbocycles. The average Bonchev–Trinajstić information content (AvgIpc) is 2.70. The predicted octanol–water partition coefficient (Wildman–Crippen LogP) is 5.55. The van der Waals surface area contributed by atoms with E-state index in [1.165, 1.54) is 5.19 Å². The Labute approximate surface area is 168 Å². The summed E-state index contributed by atoms with van der Waals surface area (Å²) in [7, 11) is -1.77. The number of ether oxygens (including phenoxy) is 3. The first-order valence-corrected chi connectivity index (χ1v) is 12.9. The Hall–Kier alpha value is -2.56. The number of rotatable bonds is 9. The monoisotopic (exact) mass is 392 g/mol. The number of hydrogen-bond acceptors (Lipinski definition) is 3. The van der Waals surface area contributed by atoms with Crippen LogP contribution in [-0.4, -0.2) is 20.9 Å². The fraction of sp³-hybridized carbons (Fsp3) is 0.250. The molecule has 0 bridgehead atoms. The van der Waals surface area contributed by atoms with Gasteiger partial charge in [0.1, 0.15) is 25.3 Å². The van der Waals surface area contributed by atoms with Crippen LogP contribution in [0.1, 0.15) is 12.5 Å². The van der Waals surface area contributed by atoms with Gasteiger partial charge in [-0.3, -0.25) is 0 Å². The van der Waals surface area contributed by atoms with Gasteiger partial charge >= 0.3 is 0 Å². The summed E-state index contributed by atoms with van der Waals surface area (Å²) in [6.07, 6.45) is 0.737. The Kier molecular flexibility index (Phi) is 6.90. The average molecular weight is 393 g/mol. The summed E-state index contributed by atoms with van der Waals surface area (Å²) in [5, 5.41) is 1.30. The molecular formula is C24H28O3Si. The van der Waals surface area contributed by atoms with Crippen molar-refractivity contribution in [1.29, 1.82) is 0 Å². The summed E-state index contributed by atoms with van der Waals surface area (Å²) >= 11 is 0. The van der Waals surface area contributed by atoms with Gasteiger partial charge in [0.2, 0.25) is 0 Å². The quantitative estimate of drug-likeness (QED) is 0.447. The molecule has 0 aliphatic heterocycles. The van der Waals surface area contributed by atoms with Crippen LogP contribution in [-0.2, 0) is 11.3 Å². The van der Waals surface area contributed by atoms with Crippen molar-refractivity contribution in [2.75, 3.05) is 12.8 Å². The number of hydrogen-bond donors (Lipinski definition) is 0. The summed E-state index contributed by atoms with van der Waals surface area (Å²) in [5.74, 6) is 2.65. The van der Waals surface area contributed by atoms with Crippen molar-refractivity contribution in [3.63, 3.8) is 0 Å². The van der Waals surface area contributed by atoms with Crippen LogP contribution in [0.2, 0.25) is 13.1 Å². The summed E-state index contributed by atoms with van der Waals surface area (Å²) in [5.41, 5.74) is 1.11. The second kappa shape index (κ2) is 9.58. The van der Waals surface area contributed by atoms with Crippen LogP contribution in [0.3, 0.4) is 0 Å². The van der Waals surface area contributed by atoms with E-state index in [1.54, 1.807) is 0 Å². The molecule has 3 aromatic carbocycles. The molecule has 0 fully saturated rings. The van der Waals surface area contributed by atoms with E-state index in [1.807, 2.05) is 61.5 Å². The molecule has 28 heavy (non-hydrogen) atoms. The topological polar surface area (TPSA) is 27.7 Å². The first-order valence-electron chi connectivity index (χ1n) is 9.70. The standard InChI is InChI=1S/C24H28O3Si/c1-4-26-23-15-8-9-16-24(23)28(2,3)19-25-18-20-11-10-14-22(17-20)27-21-12-6-5-7-13-21/h5-17H,4,18-19H2,1-3H3. The Morgan fingerprint density at radius 1 is 0.786 bits per heavy atom. The molecule has 0 spiro atoms. The smallest absolute Gasteiger partial charge is 0.127 e. The Bertz CT molecular complexity index is 878. The minimum Gasteiger partial charge on any atom is -0.494 e. The summed E-state index contributed by atoms with van der Waals surface area (Å²) in [6, 6.07) is 26.2. The molecule has 0 aliphatic rings. The lowest BCUT2D eigenvalue weighted by Gasteiger charge is -2.25. The third-order valence-electron chi connectivity index (χ3n) is 4.53. The summed E-state index contributed by atoms with van der Waals surface area (Å²) in [4.78, 5) is 0. The molecule has 146 valence electrons. The molecule has 0 amide bonds. The maximum Gasteiger partial charge on any atom is 0.127 e. The lowest BCUT2D eigenvalue weighted by atomic mass is 10.2. The largest absolute Gasteiger partial charge is 0.494 e. The van der Waals surface area contributed by atoms with Crippen LogP contribution in [0.25, 0.3) is 0 Å². The summed E-state index contributed by atoms with van der Waals surface area (Å²) in [6.45, 7) is 7.90. The lowest BCUT2D eigenvalue weighted by molar-refractivity contribution is 0.160. The van der Waals surface area contributed by atoms with Gasteiger partial charge in [-0.1, -0.05) is 61.6 Å². The van der Waals surface area contributed by atoms with E-state index in [4.69, 9.17) is 14.2 Å². The molecule has 0 radical (unpaired) electrons. The predicted molar refractivity (Wildman–Crippen MR) is 117 cm³/mol. The minimum atomic E-state index is -1.77. The molecule has 0 unspecified atom stereocenters. The van der Waals surface area contributed by atoms with Crippen LogP contribution in [0, 0.1) is 0 Å². The molecule has 0 aliphatic carbocycles. The van der Waals surface area contributed by atoms with Gasteiger partial charge in [0, 0.05) is 6.23 Å². The van der Waals surface area contributed by atoms with Gasteiger partial charge in [-0.15, -0.1) is 0 Å². The zero-order valence-corrected chi connectivity index (χ0v) is 17.9. The third-order valence-corrected chi connectivity index (χ3v) is 7.32. The van der Waals surface area contributed by atoms with Crippen molar-refractivity contribution >= 4 is 13.3 Å². The molecule has 0 atom stereocenters. The highest BCUT2D eigenvalue weighted by atomic mass is 28.3. The Balaban J connectivity index is 1.61. The van der Waals surface area contributed by atoms with Crippen molar-refractivity contribution < 1.29 is 14.2 Å². The van der Waals surface area contributed by atoms with E-state index < -0.39 is 8.07 Å². The van der Waals surface area contributed by atoms with Gasteiger partial charge in [-0.05, 0) is 48.0 Å². The number of benzene rings is 3. The van der Waals surface area contributed by atoms with Gasteiger partial charge in [-0.25, -0.2) is 0 Å². The highest BCUT2D eigenvalue weighted by Crippen LogP contribution is 2.22. The minimum absolute atomic E-state index is 0.569. The van der Waals surface area contributed by atoms with Crippen LogP contribution in [0.15, 0.2) is 78.9 Å². The van der Waals surface area contributed by atoms with E-state index in [0.717, 1.165) is 29.0 Å². The number of para-hydroxylation sites is 2. The van der Waals surface area contributed by atoms with Crippen molar-refractivity contribution in [3.8, 4) is 17.2 Å². The van der Waals surface area contributed by atoms with Crippen LogP contribution in [0.4, 0.5) is 0 Å². The van der Waals surface area contributed by atoms with Gasteiger partial charge in [0.05, 0.1) is 13.2 Å².